The highest BCUT2D eigenvalue weighted by atomic mass is 16.5. The van der Waals surface area contributed by atoms with E-state index in [4.69, 9.17) is 16.6 Å². The molecule has 0 N–H and O–H groups in total. The van der Waals surface area contributed by atoms with E-state index in [-0.39, 0.29) is 0 Å². The van der Waals surface area contributed by atoms with E-state index < -0.39 is 6.17 Å². The van der Waals surface area contributed by atoms with Crippen molar-refractivity contribution in [2.45, 2.75) is 6.17 Å². The summed E-state index contributed by atoms with van der Waals surface area (Å²) in [7, 11) is 0. The number of morpholine rings is 1. The third-order valence-electron chi connectivity index (χ3n) is 1.63. The van der Waals surface area contributed by atoms with Gasteiger partial charge in [0.1, 0.15) is 0 Å². The molecule has 1 unspecified atom stereocenters. The predicted octanol–water partition coefficient (Wildman–Crippen LogP) is 0.0876. The zero-order chi connectivity index (χ0) is 8.10. The summed E-state index contributed by atoms with van der Waals surface area (Å²) in [5.74, 6) is 0. The molecule has 0 aromatic heterocycles. The van der Waals surface area contributed by atoms with Gasteiger partial charge in [0.15, 0.2) is 6.07 Å². The van der Waals surface area contributed by atoms with E-state index in [1.807, 2.05) is 11.0 Å². The van der Waals surface area contributed by atoms with Crippen LogP contribution in [0.4, 0.5) is 0 Å². The molecule has 0 bridgehead atoms. The molecule has 1 saturated heterocycles. The Hall–Kier alpha value is -1.10. The first kappa shape index (κ1) is 8.00. The Morgan fingerprint density at radius 1 is 1.55 bits per heavy atom. The molecular weight excluding hydrogens is 142 g/mol. The molecule has 4 nitrogen and oxygen atoms in total. The van der Waals surface area contributed by atoms with Crippen molar-refractivity contribution in [1.29, 1.82) is 5.26 Å². The summed E-state index contributed by atoms with van der Waals surface area (Å²) < 4.78 is 5.08. The van der Waals surface area contributed by atoms with Gasteiger partial charge < -0.3 is 4.74 Å². The number of nitrogens with zero attached hydrogens (tertiary/aromatic N) is 3. The predicted molar refractivity (Wildman–Crippen MR) is 38.4 cm³/mol. The summed E-state index contributed by atoms with van der Waals surface area (Å²) in [6, 6.07) is 1.94. The maximum Gasteiger partial charge on any atom is 0.366 e. The van der Waals surface area contributed by atoms with Crippen molar-refractivity contribution in [1.82, 2.24) is 4.90 Å². The molecular formula is C7H9N3O. The third-order valence-corrected chi connectivity index (χ3v) is 1.63. The second-order valence-electron chi connectivity index (χ2n) is 2.28. The van der Waals surface area contributed by atoms with Crippen LogP contribution >= 0.6 is 0 Å². The van der Waals surface area contributed by atoms with Crippen molar-refractivity contribution in [3.8, 4) is 6.07 Å². The van der Waals surface area contributed by atoms with Crippen LogP contribution in [-0.2, 0) is 4.74 Å². The van der Waals surface area contributed by atoms with Crippen LogP contribution in [0.2, 0.25) is 0 Å². The van der Waals surface area contributed by atoms with Crippen LogP contribution < -0.4 is 0 Å². The summed E-state index contributed by atoms with van der Waals surface area (Å²) in [4.78, 5) is 5.02. The van der Waals surface area contributed by atoms with Gasteiger partial charge in [-0.3, -0.25) is 4.85 Å². The fourth-order valence-electron chi connectivity index (χ4n) is 1.01. The topological polar surface area (TPSA) is 40.6 Å². The second-order valence-corrected chi connectivity index (χ2v) is 2.28. The Kier molecular flexibility index (Phi) is 2.85. The van der Waals surface area contributed by atoms with Crippen molar-refractivity contribution >= 4 is 0 Å². The van der Waals surface area contributed by atoms with Gasteiger partial charge in [-0.15, -0.1) is 0 Å². The highest BCUT2D eigenvalue weighted by Gasteiger charge is 2.23. The van der Waals surface area contributed by atoms with Crippen LogP contribution in [0.3, 0.4) is 0 Å². The lowest BCUT2D eigenvalue weighted by Gasteiger charge is -2.23. The normalized spacial score (nSPS) is 21.6. The van der Waals surface area contributed by atoms with Gasteiger partial charge in [-0.05, 0) is 0 Å². The number of ether oxygens (including phenoxy) is 1. The summed E-state index contributed by atoms with van der Waals surface area (Å²) in [5.41, 5.74) is 0. The molecule has 1 rings (SSSR count). The van der Waals surface area contributed by atoms with Crippen molar-refractivity contribution in [3.05, 3.63) is 11.4 Å². The van der Waals surface area contributed by atoms with Gasteiger partial charge in [0.2, 0.25) is 0 Å². The minimum Gasteiger partial charge on any atom is -0.379 e. The molecule has 1 aliphatic heterocycles. The zero-order valence-corrected chi connectivity index (χ0v) is 6.16. The summed E-state index contributed by atoms with van der Waals surface area (Å²) in [6.07, 6.45) is -0.612. The van der Waals surface area contributed by atoms with Gasteiger partial charge >= 0.3 is 6.17 Å². The maximum atomic E-state index is 8.53. The van der Waals surface area contributed by atoms with Gasteiger partial charge in [0.05, 0.1) is 13.2 Å². The van der Waals surface area contributed by atoms with E-state index in [2.05, 4.69) is 4.85 Å². The molecule has 58 valence electrons. The fourth-order valence-corrected chi connectivity index (χ4v) is 1.01. The second kappa shape index (κ2) is 3.92. The van der Waals surface area contributed by atoms with Crippen molar-refractivity contribution in [3.63, 3.8) is 0 Å². The Labute approximate surface area is 65.8 Å². The summed E-state index contributed by atoms with van der Waals surface area (Å²) >= 11 is 0. The first-order valence-corrected chi connectivity index (χ1v) is 3.46. The Morgan fingerprint density at radius 2 is 2.18 bits per heavy atom. The van der Waals surface area contributed by atoms with Crippen LogP contribution in [0, 0.1) is 17.9 Å². The third kappa shape index (κ3) is 1.91. The molecule has 0 spiro atoms. The van der Waals surface area contributed by atoms with Gasteiger partial charge in [-0.1, -0.05) is 0 Å². The average Bonchev–Trinajstić information content (AvgIpc) is 2.09. The van der Waals surface area contributed by atoms with Gasteiger partial charge in [-0.25, -0.2) is 11.5 Å². The number of hydrogen-bond donors (Lipinski definition) is 0. The minimum atomic E-state index is -0.612. The molecule has 0 radical (unpaired) electrons. The largest absolute Gasteiger partial charge is 0.379 e. The number of nitriles is 1. The van der Waals surface area contributed by atoms with E-state index in [1.54, 1.807) is 0 Å². The Morgan fingerprint density at radius 3 is 2.64 bits per heavy atom. The van der Waals surface area contributed by atoms with Gasteiger partial charge in [0, 0.05) is 13.1 Å². The Balaban J connectivity index is 2.46. The monoisotopic (exact) mass is 151 g/mol. The number of hydrogen-bond acceptors (Lipinski definition) is 3. The van der Waals surface area contributed by atoms with Crippen molar-refractivity contribution in [2.24, 2.45) is 0 Å². The summed E-state index contributed by atoms with van der Waals surface area (Å²) in [6.45, 7) is 9.37. The van der Waals surface area contributed by atoms with Crippen LogP contribution in [0.1, 0.15) is 0 Å². The van der Waals surface area contributed by atoms with E-state index in [0.717, 1.165) is 0 Å². The van der Waals surface area contributed by atoms with Crippen LogP contribution in [-0.4, -0.2) is 37.4 Å². The molecule has 0 aromatic carbocycles. The van der Waals surface area contributed by atoms with Crippen LogP contribution in [0.15, 0.2) is 0 Å². The molecule has 0 saturated carbocycles. The molecule has 1 aliphatic rings. The van der Waals surface area contributed by atoms with E-state index in [1.165, 1.54) is 0 Å². The lowest BCUT2D eigenvalue weighted by molar-refractivity contribution is 0.0337. The zero-order valence-electron chi connectivity index (χ0n) is 6.16. The van der Waals surface area contributed by atoms with Gasteiger partial charge in [0.25, 0.3) is 0 Å². The van der Waals surface area contributed by atoms with Crippen molar-refractivity contribution in [2.75, 3.05) is 26.3 Å². The number of rotatable bonds is 1. The quantitative estimate of drug-likeness (QED) is 0.498. The highest BCUT2D eigenvalue weighted by molar-refractivity contribution is 4.98. The van der Waals surface area contributed by atoms with E-state index in [9.17, 15) is 0 Å². The maximum absolute atomic E-state index is 8.53. The van der Waals surface area contributed by atoms with Crippen LogP contribution in [0.5, 0.6) is 0 Å². The molecule has 0 aromatic rings. The van der Waals surface area contributed by atoms with E-state index >= 15 is 0 Å². The Bertz CT molecular complexity index is 183. The standard InChI is InChI=1S/C7H9N3O/c1-9-7(6-8)10-2-4-11-5-3-10/h7H,2-5H2. The first-order chi connectivity index (χ1) is 5.38. The smallest absolute Gasteiger partial charge is 0.366 e. The minimum absolute atomic E-state index is 0.612. The van der Waals surface area contributed by atoms with Crippen LogP contribution in [0.25, 0.3) is 4.85 Å². The van der Waals surface area contributed by atoms with Gasteiger partial charge in [-0.2, -0.15) is 5.26 Å². The van der Waals surface area contributed by atoms with Crippen molar-refractivity contribution < 1.29 is 4.74 Å². The molecule has 1 atom stereocenters. The molecule has 1 heterocycles. The van der Waals surface area contributed by atoms with E-state index in [0.29, 0.717) is 26.3 Å². The highest BCUT2D eigenvalue weighted by Crippen LogP contribution is 2.03. The SMILES string of the molecule is [C-]#[N+]C(C#N)N1CCOCC1. The molecule has 4 heteroatoms. The lowest BCUT2D eigenvalue weighted by atomic mass is 10.4. The molecule has 11 heavy (non-hydrogen) atoms. The molecule has 0 amide bonds. The first-order valence-electron chi connectivity index (χ1n) is 3.46. The summed E-state index contributed by atoms with van der Waals surface area (Å²) in [5, 5.41) is 8.53. The molecule has 1 fully saturated rings. The molecule has 0 aliphatic carbocycles. The average molecular weight is 151 g/mol. The lowest BCUT2D eigenvalue weighted by Crippen LogP contribution is -2.41. The fraction of sp³-hybridized carbons (Fsp3) is 0.714.